The molecule has 3 rings (SSSR count). The minimum Gasteiger partial charge on any atom is -0.244 e. The summed E-state index contributed by atoms with van der Waals surface area (Å²) in [4.78, 5) is 5.56. The number of hydrogen-bond donors (Lipinski definition) is 0. The Balaban J connectivity index is 1.92. The molecule has 22 heavy (non-hydrogen) atoms. The molecule has 0 fully saturated rings. The summed E-state index contributed by atoms with van der Waals surface area (Å²) in [6.07, 6.45) is 2.92. The van der Waals surface area contributed by atoms with Gasteiger partial charge in [-0.2, -0.15) is 0 Å². The van der Waals surface area contributed by atoms with Gasteiger partial charge in [-0.1, -0.05) is 12.1 Å². The summed E-state index contributed by atoms with van der Waals surface area (Å²) in [5.74, 6) is -0.281. The van der Waals surface area contributed by atoms with E-state index in [1.165, 1.54) is 29.7 Å². The largest absolute Gasteiger partial charge is 0.244 e. The van der Waals surface area contributed by atoms with E-state index in [1.807, 2.05) is 0 Å². The van der Waals surface area contributed by atoms with Crippen LogP contribution >= 0.6 is 11.3 Å². The van der Waals surface area contributed by atoms with Gasteiger partial charge in [0.25, 0.3) is 0 Å². The molecule has 0 aliphatic carbocycles. The Morgan fingerprint density at radius 1 is 0.955 bits per heavy atom. The molecular formula is C16H12FNO2S2. The van der Waals surface area contributed by atoms with Crippen LogP contribution in [0.4, 0.5) is 4.39 Å². The molecule has 0 amide bonds. The van der Waals surface area contributed by atoms with Gasteiger partial charge < -0.3 is 0 Å². The predicted octanol–water partition coefficient (Wildman–Crippen LogP) is 4.02. The van der Waals surface area contributed by atoms with E-state index >= 15 is 0 Å². The van der Waals surface area contributed by atoms with Gasteiger partial charge in [0.05, 0.1) is 9.77 Å². The maximum Gasteiger partial charge on any atom is 0.175 e. The lowest BCUT2D eigenvalue weighted by molar-refractivity contribution is 0.602. The fraction of sp³-hybridized carbons (Fsp3) is 0.0625. The van der Waals surface area contributed by atoms with Gasteiger partial charge in [-0.05, 0) is 42.0 Å². The van der Waals surface area contributed by atoms with Gasteiger partial charge in [-0.3, -0.25) is 0 Å². The Kier molecular flexibility index (Phi) is 3.80. The summed E-state index contributed by atoms with van der Waals surface area (Å²) >= 11 is 1.48. The lowest BCUT2D eigenvalue weighted by Gasteiger charge is -2.00. The number of thiazole rings is 1. The molecule has 0 saturated carbocycles. The molecule has 0 bridgehead atoms. The molecule has 0 N–H and O–H groups in total. The molecule has 0 saturated heterocycles. The third-order valence-electron chi connectivity index (χ3n) is 3.16. The van der Waals surface area contributed by atoms with Crippen molar-refractivity contribution in [2.75, 3.05) is 6.26 Å². The number of benzene rings is 2. The van der Waals surface area contributed by atoms with Crippen molar-refractivity contribution >= 4 is 21.2 Å². The first-order valence-electron chi connectivity index (χ1n) is 6.46. The van der Waals surface area contributed by atoms with Crippen molar-refractivity contribution in [1.29, 1.82) is 0 Å². The molecule has 0 spiro atoms. The van der Waals surface area contributed by atoms with Crippen molar-refractivity contribution in [1.82, 2.24) is 4.98 Å². The zero-order valence-electron chi connectivity index (χ0n) is 11.7. The minimum absolute atomic E-state index is 0.281. The fourth-order valence-electron chi connectivity index (χ4n) is 2.00. The van der Waals surface area contributed by atoms with Crippen LogP contribution < -0.4 is 0 Å². The quantitative estimate of drug-likeness (QED) is 0.727. The smallest absolute Gasteiger partial charge is 0.175 e. The first-order valence-corrected chi connectivity index (χ1v) is 9.16. The third kappa shape index (κ3) is 3.08. The lowest BCUT2D eigenvalue weighted by atomic mass is 10.2. The summed E-state index contributed by atoms with van der Waals surface area (Å²) < 4.78 is 35.9. The van der Waals surface area contributed by atoms with Crippen LogP contribution in [-0.2, 0) is 9.84 Å². The second-order valence-corrected chi connectivity index (χ2v) is 7.88. The van der Waals surface area contributed by atoms with Crippen LogP contribution in [-0.4, -0.2) is 19.7 Å². The maximum absolute atomic E-state index is 12.9. The second kappa shape index (κ2) is 5.62. The highest BCUT2D eigenvalue weighted by Crippen LogP contribution is 2.32. The van der Waals surface area contributed by atoms with Crippen LogP contribution in [0.25, 0.3) is 21.0 Å². The summed E-state index contributed by atoms with van der Waals surface area (Å²) in [6.45, 7) is 0. The molecule has 1 heterocycles. The number of rotatable bonds is 3. The van der Waals surface area contributed by atoms with Crippen LogP contribution in [0, 0.1) is 5.82 Å². The molecule has 112 valence electrons. The lowest BCUT2D eigenvalue weighted by Crippen LogP contribution is -1.95. The molecule has 3 nitrogen and oxygen atoms in total. The monoisotopic (exact) mass is 333 g/mol. The minimum atomic E-state index is -3.19. The first kappa shape index (κ1) is 14.9. The molecule has 0 atom stereocenters. The number of nitrogens with zero attached hydrogens (tertiary/aromatic N) is 1. The van der Waals surface area contributed by atoms with E-state index < -0.39 is 9.84 Å². The van der Waals surface area contributed by atoms with Crippen molar-refractivity contribution < 1.29 is 12.8 Å². The molecule has 0 radical (unpaired) electrons. The number of aromatic nitrogens is 1. The van der Waals surface area contributed by atoms with E-state index in [2.05, 4.69) is 4.98 Å². The van der Waals surface area contributed by atoms with Gasteiger partial charge in [0.15, 0.2) is 9.84 Å². The van der Waals surface area contributed by atoms with E-state index in [1.54, 1.807) is 42.6 Å². The Hall–Kier alpha value is -2.05. The van der Waals surface area contributed by atoms with Crippen molar-refractivity contribution in [3.05, 3.63) is 60.5 Å². The standard InChI is InChI=1S/C16H12FNO2S2/c1-22(19,20)14-8-4-11(5-9-14)15-10-18-16(21-15)12-2-6-13(17)7-3-12/h2-10H,1H3. The Morgan fingerprint density at radius 3 is 2.14 bits per heavy atom. The molecule has 0 aliphatic heterocycles. The number of hydrogen-bond acceptors (Lipinski definition) is 4. The molecular weight excluding hydrogens is 321 g/mol. The molecule has 2 aromatic carbocycles. The van der Waals surface area contributed by atoms with E-state index in [0.29, 0.717) is 4.90 Å². The average molecular weight is 333 g/mol. The van der Waals surface area contributed by atoms with E-state index in [-0.39, 0.29) is 5.82 Å². The Morgan fingerprint density at radius 2 is 1.55 bits per heavy atom. The first-order chi connectivity index (χ1) is 10.4. The highest BCUT2D eigenvalue weighted by atomic mass is 32.2. The van der Waals surface area contributed by atoms with Gasteiger partial charge in [-0.15, -0.1) is 11.3 Å². The Bertz CT molecular complexity index is 898. The summed E-state index contributed by atoms with van der Waals surface area (Å²) in [6, 6.07) is 12.9. The van der Waals surface area contributed by atoms with Gasteiger partial charge in [0, 0.05) is 18.0 Å². The molecule has 1 aromatic heterocycles. The fourth-order valence-corrected chi connectivity index (χ4v) is 3.56. The van der Waals surface area contributed by atoms with Crippen molar-refractivity contribution in [2.24, 2.45) is 0 Å². The summed E-state index contributed by atoms with van der Waals surface area (Å²) in [5.41, 5.74) is 1.75. The SMILES string of the molecule is CS(=O)(=O)c1ccc(-c2cnc(-c3ccc(F)cc3)s2)cc1. The van der Waals surface area contributed by atoms with Crippen LogP contribution in [0.2, 0.25) is 0 Å². The topological polar surface area (TPSA) is 47.0 Å². The Labute approximate surface area is 132 Å². The number of halogens is 1. The second-order valence-electron chi connectivity index (χ2n) is 4.83. The van der Waals surface area contributed by atoms with Crippen LogP contribution in [0.3, 0.4) is 0 Å². The zero-order chi connectivity index (χ0) is 15.7. The van der Waals surface area contributed by atoms with Gasteiger partial charge >= 0.3 is 0 Å². The average Bonchev–Trinajstić information content (AvgIpc) is 2.97. The van der Waals surface area contributed by atoms with Crippen LogP contribution in [0.1, 0.15) is 0 Å². The van der Waals surface area contributed by atoms with E-state index in [9.17, 15) is 12.8 Å². The van der Waals surface area contributed by atoms with Crippen molar-refractivity contribution in [2.45, 2.75) is 4.90 Å². The van der Waals surface area contributed by atoms with Crippen molar-refractivity contribution in [3.8, 4) is 21.0 Å². The normalized spacial score (nSPS) is 11.5. The highest BCUT2D eigenvalue weighted by Gasteiger charge is 2.09. The highest BCUT2D eigenvalue weighted by molar-refractivity contribution is 7.90. The van der Waals surface area contributed by atoms with Crippen LogP contribution in [0.5, 0.6) is 0 Å². The molecule has 0 unspecified atom stereocenters. The summed E-state index contributed by atoms with van der Waals surface area (Å²) in [7, 11) is -3.19. The van der Waals surface area contributed by atoms with Gasteiger partial charge in [-0.25, -0.2) is 17.8 Å². The molecule has 6 heteroatoms. The van der Waals surface area contributed by atoms with Crippen molar-refractivity contribution in [3.63, 3.8) is 0 Å². The van der Waals surface area contributed by atoms with Gasteiger partial charge in [0.1, 0.15) is 10.8 Å². The van der Waals surface area contributed by atoms with Gasteiger partial charge in [0.2, 0.25) is 0 Å². The van der Waals surface area contributed by atoms with E-state index in [0.717, 1.165) is 21.0 Å². The molecule has 3 aromatic rings. The number of sulfone groups is 1. The zero-order valence-corrected chi connectivity index (χ0v) is 13.3. The van der Waals surface area contributed by atoms with E-state index in [4.69, 9.17) is 0 Å². The third-order valence-corrected chi connectivity index (χ3v) is 5.39. The predicted molar refractivity (Wildman–Crippen MR) is 86.1 cm³/mol. The molecule has 0 aliphatic rings. The van der Waals surface area contributed by atoms with Crippen LogP contribution in [0.15, 0.2) is 59.6 Å². The summed E-state index contributed by atoms with van der Waals surface area (Å²) in [5, 5.41) is 0.794. The maximum atomic E-state index is 12.9.